The molecule has 1 aromatic heterocycles. The Hall–Kier alpha value is -3.35. The highest BCUT2D eigenvalue weighted by atomic mass is 19.2. The third kappa shape index (κ3) is 3.83. The van der Waals surface area contributed by atoms with Crippen molar-refractivity contribution in [1.82, 2.24) is 4.98 Å². The second-order valence-electron chi connectivity index (χ2n) is 5.60. The van der Waals surface area contributed by atoms with Crippen molar-refractivity contribution >= 4 is 23.0 Å². The molecule has 0 aliphatic carbocycles. The first-order valence-electron chi connectivity index (χ1n) is 7.68. The number of hydrogen-bond acceptors (Lipinski definition) is 3. The maximum atomic E-state index is 13.7. The van der Waals surface area contributed by atoms with E-state index in [9.17, 15) is 18.0 Å². The van der Waals surface area contributed by atoms with E-state index >= 15 is 0 Å². The highest BCUT2D eigenvalue weighted by molar-refractivity contribution is 6.03. The van der Waals surface area contributed by atoms with Crippen LogP contribution in [0.15, 0.2) is 54.7 Å². The van der Waals surface area contributed by atoms with E-state index in [1.807, 2.05) is 25.1 Å². The summed E-state index contributed by atoms with van der Waals surface area (Å²) in [4.78, 5) is 16.2. The van der Waals surface area contributed by atoms with Crippen LogP contribution in [-0.2, 0) is 0 Å². The summed E-state index contributed by atoms with van der Waals surface area (Å²) in [7, 11) is 0. The number of hydrogen-bond donors (Lipinski definition) is 2. The largest absolute Gasteiger partial charge is 0.352 e. The van der Waals surface area contributed by atoms with Crippen LogP contribution in [0.1, 0.15) is 16.1 Å². The van der Waals surface area contributed by atoms with Crippen LogP contribution in [0.3, 0.4) is 0 Å². The van der Waals surface area contributed by atoms with Crippen LogP contribution in [0, 0.1) is 24.4 Å². The average molecular weight is 357 g/mol. The smallest absolute Gasteiger partial charge is 0.274 e. The molecular weight excluding hydrogens is 343 g/mol. The topological polar surface area (TPSA) is 54.0 Å². The number of aromatic nitrogens is 1. The summed E-state index contributed by atoms with van der Waals surface area (Å²) in [6.45, 7) is 1.91. The average Bonchev–Trinajstić information content (AvgIpc) is 2.63. The first kappa shape index (κ1) is 17.5. The van der Waals surface area contributed by atoms with Crippen LogP contribution in [0.25, 0.3) is 0 Å². The number of rotatable bonds is 4. The number of carbonyl (C=O) groups excluding carboxylic acids is 1. The van der Waals surface area contributed by atoms with E-state index in [0.717, 1.165) is 17.7 Å². The van der Waals surface area contributed by atoms with Crippen molar-refractivity contribution in [2.24, 2.45) is 0 Å². The molecule has 26 heavy (non-hydrogen) atoms. The number of carbonyl (C=O) groups is 1. The molecule has 2 aromatic carbocycles. The van der Waals surface area contributed by atoms with Gasteiger partial charge >= 0.3 is 0 Å². The molecule has 3 rings (SSSR count). The van der Waals surface area contributed by atoms with Crippen LogP contribution in [0.5, 0.6) is 0 Å². The van der Waals surface area contributed by atoms with Crippen LogP contribution in [-0.4, -0.2) is 10.9 Å². The molecule has 1 amide bonds. The predicted octanol–water partition coefficient (Wildman–Crippen LogP) is 4.80. The first-order valence-corrected chi connectivity index (χ1v) is 7.68. The van der Waals surface area contributed by atoms with Gasteiger partial charge in [0.1, 0.15) is 5.69 Å². The number of aryl methyl sites for hydroxylation is 1. The molecule has 2 N–H and O–H groups in total. The minimum Gasteiger partial charge on any atom is -0.352 e. The van der Waals surface area contributed by atoms with Gasteiger partial charge in [-0.2, -0.15) is 0 Å². The lowest BCUT2D eigenvalue weighted by molar-refractivity contribution is 0.102. The molecule has 1 heterocycles. The van der Waals surface area contributed by atoms with E-state index in [2.05, 4.69) is 15.6 Å². The van der Waals surface area contributed by atoms with Gasteiger partial charge in [0.2, 0.25) is 0 Å². The second-order valence-corrected chi connectivity index (χ2v) is 5.60. The third-order valence-electron chi connectivity index (χ3n) is 3.59. The number of halogens is 3. The Labute approximate surface area is 147 Å². The van der Waals surface area contributed by atoms with Gasteiger partial charge in [0.15, 0.2) is 17.5 Å². The molecular formula is C19H14F3N3O. The van der Waals surface area contributed by atoms with Gasteiger partial charge in [0.25, 0.3) is 5.91 Å². The van der Waals surface area contributed by atoms with Gasteiger partial charge in [-0.3, -0.25) is 4.79 Å². The van der Waals surface area contributed by atoms with E-state index in [1.165, 1.54) is 18.3 Å². The van der Waals surface area contributed by atoms with Gasteiger partial charge in [-0.15, -0.1) is 0 Å². The number of nitrogens with one attached hydrogen (secondary N) is 2. The first-order chi connectivity index (χ1) is 12.4. The van der Waals surface area contributed by atoms with Crippen molar-refractivity contribution in [3.8, 4) is 0 Å². The summed E-state index contributed by atoms with van der Waals surface area (Å²) in [5, 5.41) is 5.31. The summed E-state index contributed by atoms with van der Waals surface area (Å²) in [6, 6.07) is 12.1. The molecule has 7 heteroatoms. The van der Waals surface area contributed by atoms with Crippen LogP contribution < -0.4 is 10.6 Å². The fraction of sp³-hybridized carbons (Fsp3) is 0.0526. The maximum absolute atomic E-state index is 13.7. The van der Waals surface area contributed by atoms with Gasteiger partial charge in [-0.05, 0) is 48.9 Å². The third-order valence-corrected chi connectivity index (χ3v) is 3.59. The van der Waals surface area contributed by atoms with Crippen LogP contribution in [0.4, 0.5) is 30.2 Å². The second kappa shape index (κ2) is 7.26. The van der Waals surface area contributed by atoms with E-state index in [-0.39, 0.29) is 11.4 Å². The van der Waals surface area contributed by atoms with Gasteiger partial charge in [-0.1, -0.05) is 12.1 Å². The molecule has 0 saturated carbocycles. The fourth-order valence-electron chi connectivity index (χ4n) is 2.30. The molecule has 0 aliphatic rings. The Kier molecular flexibility index (Phi) is 4.88. The number of nitrogens with zero attached hydrogens (tertiary/aromatic N) is 1. The number of amides is 1. The van der Waals surface area contributed by atoms with E-state index < -0.39 is 23.4 Å². The van der Waals surface area contributed by atoms with E-state index in [0.29, 0.717) is 11.4 Å². The zero-order valence-corrected chi connectivity index (χ0v) is 13.7. The SMILES string of the molecule is Cc1cccc(NC(=O)c2ccc(Nc3ccc(F)c(F)c3F)cn2)c1. The lowest BCUT2D eigenvalue weighted by Crippen LogP contribution is -2.13. The lowest BCUT2D eigenvalue weighted by Gasteiger charge is -2.09. The molecule has 3 aromatic rings. The normalized spacial score (nSPS) is 10.5. The molecule has 0 spiro atoms. The van der Waals surface area contributed by atoms with Crippen molar-refractivity contribution in [3.05, 3.63) is 83.4 Å². The quantitative estimate of drug-likeness (QED) is 0.659. The monoisotopic (exact) mass is 357 g/mol. The molecule has 0 bridgehead atoms. The Bertz CT molecular complexity index is 959. The highest BCUT2D eigenvalue weighted by Gasteiger charge is 2.14. The molecule has 0 atom stereocenters. The summed E-state index contributed by atoms with van der Waals surface area (Å²) >= 11 is 0. The van der Waals surface area contributed by atoms with Crippen LogP contribution in [0.2, 0.25) is 0 Å². The highest BCUT2D eigenvalue weighted by Crippen LogP contribution is 2.23. The summed E-state index contributed by atoms with van der Waals surface area (Å²) in [5.41, 5.74) is 1.89. The fourth-order valence-corrected chi connectivity index (χ4v) is 2.30. The Balaban J connectivity index is 1.72. The lowest BCUT2D eigenvalue weighted by atomic mass is 10.2. The van der Waals surface area contributed by atoms with Gasteiger partial charge in [0, 0.05) is 5.69 Å². The van der Waals surface area contributed by atoms with Crippen molar-refractivity contribution < 1.29 is 18.0 Å². The standard InChI is InChI=1S/C19H14F3N3O/c1-11-3-2-4-12(9-11)25-19(26)16-7-5-13(10-23-16)24-15-8-6-14(20)17(21)18(15)22/h2-10,24H,1H3,(H,25,26). The predicted molar refractivity (Wildman–Crippen MR) is 93.0 cm³/mol. The Morgan fingerprint density at radius 2 is 1.77 bits per heavy atom. The molecule has 0 unspecified atom stereocenters. The van der Waals surface area contributed by atoms with Crippen molar-refractivity contribution in [2.75, 3.05) is 10.6 Å². The summed E-state index contributed by atoms with van der Waals surface area (Å²) < 4.78 is 39.9. The number of anilines is 3. The molecule has 0 saturated heterocycles. The van der Waals surface area contributed by atoms with Gasteiger partial charge in [-0.25, -0.2) is 18.2 Å². The minimum absolute atomic E-state index is 0.155. The van der Waals surface area contributed by atoms with Gasteiger partial charge in [0.05, 0.1) is 17.6 Å². The van der Waals surface area contributed by atoms with Crippen LogP contribution >= 0.6 is 0 Å². The summed E-state index contributed by atoms with van der Waals surface area (Å²) in [6.07, 6.45) is 1.30. The van der Waals surface area contributed by atoms with Crippen molar-refractivity contribution in [2.45, 2.75) is 6.92 Å². The molecule has 0 aliphatic heterocycles. The van der Waals surface area contributed by atoms with E-state index in [1.54, 1.807) is 6.07 Å². The number of benzene rings is 2. The molecule has 132 valence electrons. The van der Waals surface area contributed by atoms with Crippen molar-refractivity contribution in [3.63, 3.8) is 0 Å². The maximum Gasteiger partial charge on any atom is 0.274 e. The zero-order chi connectivity index (χ0) is 18.7. The number of pyridine rings is 1. The van der Waals surface area contributed by atoms with Gasteiger partial charge < -0.3 is 10.6 Å². The summed E-state index contributed by atoms with van der Waals surface area (Å²) in [5.74, 6) is -4.56. The molecule has 0 radical (unpaired) electrons. The Morgan fingerprint density at radius 3 is 2.46 bits per heavy atom. The minimum atomic E-state index is -1.56. The zero-order valence-electron chi connectivity index (χ0n) is 13.7. The molecule has 4 nitrogen and oxygen atoms in total. The van der Waals surface area contributed by atoms with E-state index in [4.69, 9.17) is 0 Å². The van der Waals surface area contributed by atoms with Crippen molar-refractivity contribution in [1.29, 1.82) is 0 Å². The molecule has 0 fully saturated rings. The Morgan fingerprint density at radius 1 is 0.962 bits per heavy atom.